The van der Waals surface area contributed by atoms with Gasteiger partial charge in [0, 0.05) is 19.3 Å². The molecule has 1 aromatic carbocycles. The number of carbonyl (C=O) groups excluding carboxylic acids is 1. The van der Waals surface area contributed by atoms with Crippen molar-refractivity contribution in [2.45, 2.75) is 13.1 Å². The Hall–Kier alpha value is -2.63. The molecule has 1 aliphatic heterocycles. The lowest BCUT2D eigenvalue weighted by atomic mass is 10.2. The third kappa shape index (κ3) is 4.71. The number of aromatic nitrogens is 2. The number of anilines is 3. The van der Waals surface area contributed by atoms with Crippen LogP contribution in [0, 0.1) is 0 Å². The van der Waals surface area contributed by atoms with E-state index < -0.39 is 10.2 Å². The minimum absolute atomic E-state index is 0. The average molecular weight is 400 g/mol. The van der Waals surface area contributed by atoms with Crippen LogP contribution in [0.4, 0.5) is 22.1 Å². The molecule has 140 valence electrons. The molecule has 0 bridgehead atoms. The molecule has 3 rings (SSSR count). The van der Waals surface area contributed by atoms with Crippen molar-refractivity contribution in [3.8, 4) is 0 Å². The first kappa shape index (κ1) is 19.7. The lowest BCUT2D eigenvalue weighted by Crippen LogP contribution is -2.36. The van der Waals surface area contributed by atoms with Gasteiger partial charge in [0.1, 0.15) is 18.0 Å². The van der Waals surface area contributed by atoms with Crippen molar-refractivity contribution in [1.29, 1.82) is 0 Å². The predicted molar refractivity (Wildman–Crippen MR) is 100 cm³/mol. The molecular formula is C14H18ClN7O3S. The number of carbonyl (C=O) groups is 1. The van der Waals surface area contributed by atoms with Gasteiger partial charge >= 0.3 is 6.03 Å². The standard InChI is InChI=1S/C14H17N7O3S.ClH/c1-21-7-11-12(17-8-18-13(11)19-14(21)22)16-6-9-2-4-10(5-3-9)20-25(15,23)24;/h2-5,8,20H,6-7H2,1H3,(H2,15,23,24)(H2,16,17,18,19,22);1H. The minimum atomic E-state index is -3.79. The van der Waals surface area contributed by atoms with E-state index in [4.69, 9.17) is 5.14 Å². The Bertz CT molecular complexity index is 905. The molecule has 1 aliphatic rings. The number of amides is 2. The highest BCUT2D eigenvalue weighted by Gasteiger charge is 2.23. The van der Waals surface area contributed by atoms with Crippen LogP contribution in [0.2, 0.25) is 0 Å². The molecular weight excluding hydrogens is 382 g/mol. The summed E-state index contributed by atoms with van der Waals surface area (Å²) in [5, 5.41) is 10.8. The van der Waals surface area contributed by atoms with Gasteiger partial charge in [-0.05, 0) is 17.7 Å². The third-order valence-electron chi connectivity index (χ3n) is 3.59. The highest BCUT2D eigenvalue weighted by atomic mass is 35.5. The van der Waals surface area contributed by atoms with E-state index in [2.05, 4.69) is 25.3 Å². The zero-order valence-corrected chi connectivity index (χ0v) is 15.4. The van der Waals surface area contributed by atoms with Gasteiger partial charge in [0.05, 0.1) is 12.1 Å². The summed E-state index contributed by atoms with van der Waals surface area (Å²) in [5.74, 6) is 1.12. The molecule has 0 aliphatic carbocycles. The number of rotatable bonds is 5. The van der Waals surface area contributed by atoms with Crippen LogP contribution in [0.5, 0.6) is 0 Å². The second-order valence-corrected chi connectivity index (χ2v) is 6.83. The molecule has 5 N–H and O–H groups in total. The first-order valence-electron chi connectivity index (χ1n) is 7.31. The Labute approximate surface area is 156 Å². The van der Waals surface area contributed by atoms with Crippen LogP contribution in [-0.4, -0.2) is 36.4 Å². The van der Waals surface area contributed by atoms with Gasteiger partial charge in [-0.2, -0.15) is 8.42 Å². The molecule has 2 heterocycles. The van der Waals surface area contributed by atoms with Crippen molar-refractivity contribution in [3.63, 3.8) is 0 Å². The molecule has 0 fully saturated rings. The minimum Gasteiger partial charge on any atom is -0.366 e. The number of fused-ring (bicyclic) bond motifs is 1. The van der Waals surface area contributed by atoms with E-state index in [0.717, 1.165) is 11.1 Å². The molecule has 0 atom stereocenters. The van der Waals surface area contributed by atoms with Gasteiger partial charge in [-0.25, -0.2) is 19.9 Å². The molecule has 1 aromatic heterocycles. The monoisotopic (exact) mass is 399 g/mol. The van der Waals surface area contributed by atoms with E-state index in [-0.39, 0.29) is 18.4 Å². The van der Waals surface area contributed by atoms with E-state index >= 15 is 0 Å². The summed E-state index contributed by atoms with van der Waals surface area (Å²) in [7, 11) is -2.10. The van der Waals surface area contributed by atoms with Gasteiger partial charge in [-0.15, -0.1) is 12.4 Å². The Kier molecular flexibility index (Phi) is 5.85. The summed E-state index contributed by atoms with van der Waals surface area (Å²) in [6, 6.07) is 6.55. The van der Waals surface area contributed by atoms with Crippen LogP contribution in [0.1, 0.15) is 11.1 Å². The molecule has 0 radical (unpaired) electrons. The number of halogens is 1. The van der Waals surface area contributed by atoms with Crippen molar-refractivity contribution in [2.24, 2.45) is 5.14 Å². The second-order valence-electron chi connectivity index (χ2n) is 5.53. The van der Waals surface area contributed by atoms with E-state index in [9.17, 15) is 13.2 Å². The summed E-state index contributed by atoms with van der Waals surface area (Å²) in [6.07, 6.45) is 1.38. The molecule has 2 amide bonds. The zero-order valence-electron chi connectivity index (χ0n) is 13.8. The quantitative estimate of drug-likeness (QED) is 0.593. The molecule has 0 saturated heterocycles. The van der Waals surface area contributed by atoms with E-state index in [1.165, 1.54) is 11.2 Å². The number of benzene rings is 1. The Morgan fingerprint density at radius 2 is 1.96 bits per heavy atom. The molecule has 0 spiro atoms. The maximum Gasteiger partial charge on any atom is 0.323 e. The molecule has 0 unspecified atom stereocenters. The molecule has 10 nitrogen and oxygen atoms in total. The zero-order chi connectivity index (χ0) is 18.0. The number of nitrogens with one attached hydrogen (secondary N) is 3. The highest BCUT2D eigenvalue weighted by molar-refractivity contribution is 7.90. The summed E-state index contributed by atoms with van der Waals surface area (Å²) < 4.78 is 24.2. The summed E-state index contributed by atoms with van der Waals surface area (Å²) in [4.78, 5) is 21.5. The molecule has 26 heavy (non-hydrogen) atoms. The fourth-order valence-corrected chi connectivity index (χ4v) is 2.83. The van der Waals surface area contributed by atoms with Crippen molar-refractivity contribution >= 4 is 46.0 Å². The van der Waals surface area contributed by atoms with Crippen molar-refractivity contribution in [2.75, 3.05) is 22.4 Å². The van der Waals surface area contributed by atoms with Crippen LogP contribution in [-0.2, 0) is 23.3 Å². The maximum atomic E-state index is 11.7. The van der Waals surface area contributed by atoms with E-state index in [1.54, 1.807) is 31.3 Å². The highest BCUT2D eigenvalue weighted by Crippen LogP contribution is 2.25. The normalized spacial score (nSPS) is 13.3. The lowest BCUT2D eigenvalue weighted by Gasteiger charge is -2.26. The van der Waals surface area contributed by atoms with Gasteiger partial charge in [0.2, 0.25) is 0 Å². The Morgan fingerprint density at radius 3 is 2.62 bits per heavy atom. The number of nitrogens with two attached hydrogens (primary N) is 1. The van der Waals surface area contributed by atoms with E-state index in [1.807, 2.05) is 0 Å². The van der Waals surface area contributed by atoms with Crippen molar-refractivity contribution < 1.29 is 13.2 Å². The lowest BCUT2D eigenvalue weighted by molar-refractivity contribution is 0.218. The van der Waals surface area contributed by atoms with Gasteiger partial charge in [-0.1, -0.05) is 12.1 Å². The van der Waals surface area contributed by atoms with E-state index in [0.29, 0.717) is 30.4 Å². The number of hydrogen-bond donors (Lipinski definition) is 4. The van der Waals surface area contributed by atoms with Crippen molar-refractivity contribution in [3.05, 3.63) is 41.7 Å². The number of nitrogens with zero attached hydrogens (tertiary/aromatic N) is 3. The largest absolute Gasteiger partial charge is 0.366 e. The second kappa shape index (κ2) is 7.72. The predicted octanol–water partition coefficient (Wildman–Crippen LogP) is 1.10. The van der Waals surface area contributed by atoms with Crippen LogP contribution in [0.15, 0.2) is 30.6 Å². The summed E-state index contributed by atoms with van der Waals surface area (Å²) >= 11 is 0. The average Bonchev–Trinajstić information content (AvgIpc) is 2.54. The first-order chi connectivity index (χ1) is 11.8. The third-order valence-corrected chi connectivity index (χ3v) is 4.11. The smallest absolute Gasteiger partial charge is 0.323 e. The number of urea groups is 1. The molecule has 0 saturated carbocycles. The summed E-state index contributed by atoms with van der Waals surface area (Å²) in [5.41, 5.74) is 2.10. The van der Waals surface area contributed by atoms with Gasteiger partial charge in [0.15, 0.2) is 0 Å². The Balaban J connectivity index is 0.00000243. The van der Waals surface area contributed by atoms with Gasteiger partial charge in [-0.3, -0.25) is 10.0 Å². The maximum absolute atomic E-state index is 11.7. The van der Waals surface area contributed by atoms with Crippen LogP contribution in [0.25, 0.3) is 0 Å². The molecule has 12 heteroatoms. The SMILES string of the molecule is CN1Cc2c(NCc3ccc(NS(N)(=O)=O)cc3)ncnc2NC1=O.Cl. The van der Waals surface area contributed by atoms with Crippen molar-refractivity contribution in [1.82, 2.24) is 14.9 Å². The van der Waals surface area contributed by atoms with Crippen LogP contribution >= 0.6 is 12.4 Å². The fraction of sp³-hybridized carbons (Fsp3) is 0.214. The topological polar surface area (TPSA) is 142 Å². The van der Waals surface area contributed by atoms with Gasteiger partial charge < -0.3 is 10.2 Å². The Morgan fingerprint density at radius 1 is 1.27 bits per heavy atom. The van der Waals surface area contributed by atoms with Crippen LogP contribution < -0.4 is 20.5 Å². The molecule has 2 aromatic rings. The van der Waals surface area contributed by atoms with Crippen LogP contribution in [0.3, 0.4) is 0 Å². The fourth-order valence-electron chi connectivity index (χ4n) is 2.37. The summed E-state index contributed by atoms with van der Waals surface area (Å²) in [6.45, 7) is 0.873. The van der Waals surface area contributed by atoms with Gasteiger partial charge in [0.25, 0.3) is 10.2 Å². The number of hydrogen-bond acceptors (Lipinski definition) is 6. The first-order valence-corrected chi connectivity index (χ1v) is 8.86.